The Bertz CT molecular complexity index is 1270. The average Bonchev–Trinajstić information content (AvgIpc) is 3.25. The van der Waals surface area contributed by atoms with Crippen LogP contribution in [-0.2, 0) is 65.4 Å². The van der Waals surface area contributed by atoms with Gasteiger partial charge in [-0.1, -0.05) is 150 Å². The van der Waals surface area contributed by atoms with Crippen LogP contribution in [-0.4, -0.2) is 96.7 Å². The van der Waals surface area contributed by atoms with Gasteiger partial charge < -0.3 is 33.8 Å². The van der Waals surface area contributed by atoms with Gasteiger partial charge in [0.05, 0.1) is 26.4 Å². The maximum atomic E-state index is 12.6. The Kier molecular flexibility index (Phi) is 39.1. The standard InChI is InChI=1S/C44H84O17P2/c1-5-9-13-15-16-17-18-19-20-21-22-23-24-25-27-31-42(47)55-35-40(61-44(49)29-12-8-4)37-59-63(52,53)57-33-38(45)32-56-62(50,51)58-36-39(60-43(48)28-11-7-3)34-54-41(46)30-26-14-10-6-2/h38-40,45H,5-37H2,1-4H3,(H,50,51)(H,52,53)/t38-,39+,40+/m0/s1. The van der Waals surface area contributed by atoms with E-state index in [1.165, 1.54) is 70.6 Å². The highest BCUT2D eigenvalue weighted by atomic mass is 31.2. The van der Waals surface area contributed by atoms with Gasteiger partial charge in [-0.25, -0.2) is 9.13 Å². The molecule has 0 saturated carbocycles. The quantitative estimate of drug-likeness (QED) is 0.0223. The second-order valence-electron chi connectivity index (χ2n) is 16.1. The van der Waals surface area contributed by atoms with E-state index in [0.717, 1.165) is 51.4 Å². The highest BCUT2D eigenvalue weighted by Gasteiger charge is 2.30. The second-order valence-corrected chi connectivity index (χ2v) is 19.0. The van der Waals surface area contributed by atoms with E-state index < -0.39 is 97.5 Å². The van der Waals surface area contributed by atoms with Gasteiger partial charge in [0, 0.05) is 25.7 Å². The van der Waals surface area contributed by atoms with Crippen LogP contribution in [0.4, 0.5) is 0 Å². The monoisotopic (exact) mass is 947 g/mol. The third-order valence-electron chi connectivity index (χ3n) is 9.85. The normalized spacial score (nSPS) is 14.8. The first-order chi connectivity index (χ1) is 30.2. The molecule has 2 unspecified atom stereocenters. The van der Waals surface area contributed by atoms with Crippen LogP contribution in [0.25, 0.3) is 0 Å². The van der Waals surface area contributed by atoms with Crippen molar-refractivity contribution in [3.63, 3.8) is 0 Å². The number of ether oxygens (including phenoxy) is 4. The van der Waals surface area contributed by atoms with Gasteiger partial charge in [0.1, 0.15) is 19.3 Å². The minimum Gasteiger partial charge on any atom is -0.462 e. The van der Waals surface area contributed by atoms with E-state index in [1.807, 2.05) is 20.8 Å². The van der Waals surface area contributed by atoms with Crippen molar-refractivity contribution < 1.29 is 80.2 Å². The predicted molar refractivity (Wildman–Crippen MR) is 238 cm³/mol. The molecule has 0 fully saturated rings. The zero-order valence-corrected chi connectivity index (χ0v) is 40.8. The van der Waals surface area contributed by atoms with Crippen molar-refractivity contribution in [2.24, 2.45) is 0 Å². The van der Waals surface area contributed by atoms with E-state index in [1.54, 1.807) is 0 Å². The van der Waals surface area contributed by atoms with Gasteiger partial charge in [-0.15, -0.1) is 0 Å². The number of carbonyl (C=O) groups is 4. The molecule has 17 nitrogen and oxygen atoms in total. The maximum absolute atomic E-state index is 12.6. The van der Waals surface area contributed by atoms with Crippen LogP contribution >= 0.6 is 15.6 Å². The Morgan fingerprint density at radius 2 is 0.651 bits per heavy atom. The SMILES string of the molecule is CCCCCCCCCCCCCCCCCC(=O)OC[C@H](COP(=O)(O)OC[C@@H](O)COP(=O)(O)OC[C@@H](COC(=O)CCCCCC)OC(=O)CCCC)OC(=O)CCCC. The highest BCUT2D eigenvalue weighted by molar-refractivity contribution is 7.47. The Morgan fingerprint density at radius 3 is 0.984 bits per heavy atom. The van der Waals surface area contributed by atoms with E-state index in [4.69, 9.17) is 37.0 Å². The highest BCUT2D eigenvalue weighted by Crippen LogP contribution is 2.45. The van der Waals surface area contributed by atoms with Crippen molar-refractivity contribution in [1.29, 1.82) is 0 Å². The molecule has 0 aromatic carbocycles. The molecule has 0 spiro atoms. The van der Waals surface area contributed by atoms with Gasteiger partial charge in [-0.05, 0) is 25.7 Å². The summed E-state index contributed by atoms with van der Waals surface area (Å²) in [6.45, 7) is 4.06. The zero-order chi connectivity index (χ0) is 47.0. The lowest BCUT2D eigenvalue weighted by atomic mass is 10.0. The second kappa shape index (κ2) is 40.3. The summed E-state index contributed by atoms with van der Waals surface area (Å²) in [7, 11) is -9.79. The number of aliphatic hydroxyl groups is 1. The summed E-state index contributed by atoms with van der Waals surface area (Å²) in [5, 5.41) is 10.3. The fourth-order valence-electron chi connectivity index (χ4n) is 6.05. The first kappa shape index (κ1) is 61.1. The van der Waals surface area contributed by atoms with Crippen molar-refractivity contribution in [2.75, 3.05) is 39.6 Å². The molecule has 19 heteroatoms. The molecule has 0 saturated heterocycles. The molecule has 63 heavy (non-hydrogen) atoms. The largest absolute Gasteiger partial charge is 0.472 e. The van der Waals surface area contributed by atoms with Crippen molar-refractivity contribution in [2.45, 2.75) is 219 Å². The topological polar surface area (TPSA) is 237 Å². The van der Waals surface area contributed by atoms with Crippen molar-refractivity contribution >= 4 is 39.5 Å². The molecule has 3 N–H and O–H groups in total. The van der Waals surface area contributed by atoms with E-state index >= 15 is 0 Å². The van der Waals surface area contributed by atoms with Crippen LogP contribution in [0, 0.1) is 0 Å². The number of unbranched alkanes of at least 4 members (excludes halogenated alkanes) is 19. The summed E-state index contributed by atoms with van der Waals surface area (Å²) >= 11 is 0. The number of phosphoric ester groups is 2. The average molecular weight is 947 g/mol. The number of phosphoric acid groups is 2. The zero-order valence-electron chi connectivity index (χ0n) is 39.0. The summed E-state index contributed by atoms with van der Waals surface area (Å²) in [5.74, 6) is -2.25. The number of esters is 4. The molecule has 0 aliphatic heterocycles. The van der Waals surface area contributed by atoms with Crippen LogP contribution in [0.15, 0.2) is 0 Å². The van der Waals surface area contributed by atoms with E-state index in [-0.39, 0.29) is 25.7 Å². The predicted octanol–water partition coefficient (Wildman–Crippen LogP) is 10.1. The van der Waals surface area contributed by atoms with Gasteiger partial charge >= 0.3 is 39.5 Å². The molecular weight excluding hydrogens is 862 g/mol. The Hall–Kier alpha value is -1.94. The fourth-order valence-corrected chi connectivity index (χ4v) is 7.63. The van der Waals surface area contributed by atoms with Crippen LogP contribution in [0.3, 0.4) is 0 Å². The first-order valence-corrected chi connectivity index (χ1v) is 26.8. The minimum atomic E-state index is -4.90. The Morgan fingerprint density at radius 1 is 0.381 bits per heavy atom. The summed E-state index contributed by atoms with van der Waals surface area (Å²) in [4.78, 5) is 69.5. The van der Waals surface area contributed by atoms with Crippen LogP contribution in [0.1, 0.15) is 201 Å². The lowest BCUT2D eigenvalue weighted by Gasteiger charge is -2.21. The van der Waals surface area contributed by atoms with Gasteiger partial charge in [-0.2, -0.15) is 0 Å². The molecule has 0 bridgehead atoms. The van der Waals surface area contributed by atoms with E-state index in [0.29, 0.717) is 25.7 Å². The van der Waals surface area contributed by atoms with Gasteiger partial charge in [0.15, 0.2) is 12.2 Å². The molecule has 0 aromatic heterocycles. The van der Waals surface area contributed by atoms with Crippen molar-refractivity contribution in [1.82, 2.24) is 0 Å². The van der Waals surface area contributed by atoms with Crippen molar-refractivity contribution in [3.8, 4) is 0 Å². The molecule has 0 aromatic rings. The number of rotatable bonds is 45. The molecular formula is C44H84O17P2. The first-order valence-electron chi connectivity index (χ1n) is 23.8. The van der Waals surface area contributed by atoms with Gasteiger partial charge in [-0.3, -0.25) is 37.3 Å². The number of carbonyl (C=O) groups excluding carboxylic acids is 4. The summed E-state index contributed by atoms with van der Waals surface area (Å²) < 4.78 is 65.7. The van der Waals surface area contributed by atoms with Crippen LogP contribution in [0.5, 0.6) is 0 Å². The third kappa shape index (κ3) is 40.1. The van der Waals surface area contributed by atoms with Gasteiger partial charge in [0.25, 0.3) is 0 Å². The summed E-state index contributed by atoms with van der Waals surface area (Å²) in [6, 6.07) is 0. The van der Waals surface area contributed by atoms with E-state index in [9.17, 15) is 43.2 Å². The molecule has 0 rings (SSSR count). The van der Waals surface area contributed by atoms with Crippen LogP contribution < -0.4 is 0 Å². The number of hydrogen-bond acceptors (Lipinski definition) is 15. The smallest absolute Gasteiger partial charge is 0.462 e. The molecule has 0 heterocycles. The molecule has 0 aliphatic carbocycles. The molecule has 0 radical (unpaired) electrons. The van der Waals surface area contributed by atoms with Crippen molar-refractivity contribution in [3.05, 3.63) is 0 Å². The molecule has 0 aliphatic rings. The number of aliphatic hydroxyl groups excluding tert-OH is 1. The van der Waals surface area contributed by atoms with E-state index in [2.05, 4.69) is 6.92 Å². The Balaban J connectivity index is 4.75. The van der Waals surface area contributed by atoms with Gasteiger partial charge in [0.2, 0.25) is 0 Å². The molecule has 5 atom stereocenters. The minimum absolute atomic E-state index is 0.0771. The summed E-state index contributed by atoms with van der Waals surface area (Å²) in [5.41, 5.74) is 0. The molecule has 0 amide bonds. The lowest BCUT2D eigenvalue weighted by Crippen LogP contribution is -2.30. The fraction of sp³-hybridized carbons (Fsp3) is 0.909. The Labute approximate surface area is 377 Å². The molecule has 372 valence electrons. The summed E-state index contributed by atoms with van der Waals surface area (Å²) in [6.07, 6.45) is 20.2. The third-order valence-corrected chi connectivity index (χ3v) is 11.8. The lowest BCUT2D eigenvalue weighted by molar-refractivity contribution is -0.161. The maximum Gasteiger partial charge on any atom is 0.472 e. The number of hydrogen-bond donors (Lipinski definition) is 3. The van der Waals surface area contributed by atoms with Crippen LogP contribution in [0.2, 0.25) is 0 Å².